The van der Waals surface area contributed by atoms with E-state index in [9.17, 15) is 0 Å². The number of aromatic nitrogens is 2. The van der Waals surface area contributed by atoms with Crippen molar-refractivity contribution in [2.45, 2.75) is 6.92 Å². The molecule has 1 heterocycles. The Morgan fingerprint density at radius 3 is 2.57 bits per heavy atom. The molecule has 4 nitrogen and oxygen atoms in total. The summed E-state index contributed by atoms with van der Waals surface area (Å²) in [5, 5.41) is 3.53. The van der Waals surface area contributed by atoms with Gasteiger partial charge in [-0.25, -0.2) is 0 Å². The lowest BCUT2D eigenvalue weighted by atomic mass is 10.1. The van der Waals surface area contributed by atoms with Gasteiger partial charge in [-0.1, -0.05) is 18.2 Å². The molecule has 2 rings (SSSR count). The molecule has 1 aromatic carbocycles. The van der Waals surface area contributed by atoms with E-state index in [1.54, 1.807) is 0 Å². The van der Waals surface area contributed by atoms with Crippen molar-refractivity contribution in [3.05, 3.63) is 29.8 Å². The first-order chi connectivity index (χ1) is 6.27. The number of halogens is 1. The zero-order valence-corrected chi connectivity index (χ0v) is 8.41. The average Bonchev–Trinajstić information content (AvgIpc) is 2.53. The number of hydrogen-bond donors (Lipinski definition) is 1. The van der Waals surface area contributed by atoms with Gasteiger partial charge in [0.05, 0.1) is 0 Å². The zero-order valence-electron chi connectivity index (χ0n) is 7.60. The molecule has 0 aliphatic heterocycles. The van der Waals surface area contributed by atoms with Gasteiger partial charge < -0.3 is 10.3 Å². The second-order valence-corrected chi connectivity index (χ2v) is 2.77. The summed E-state index contributed by atoms with van der Waals surface area (Å²) in [6.45, 7) is 1.98. The quantitative estimate of drug-likeness (QED) is 0.784. The molecular formula is C9H10ClN3O. The highest BCUT2D eigenvalue weighted by atomic mass is 35.5. The molecule has 14 heavy (non-hydrogen) atoms. The van der Waals surface area contributed by atoms with Crippen molar-refractivity contribution in [3.8, 4) is 11.5 Å². The van der Waals surface area contributed by atoms with Gasteiger partial charge in [0.25, 0.3) is 11.8 Å². The third kappa shape index (κ3) is 1.85. The predicted octanol–water partition coefficient (Wildman–Crippen LogP) is 2.05. The smallest absolute Gasteiger partial charge is 0.261 e. The summed E-state index contributed by atoms with van der Waals surface area (Å²) in [7, 11) is 0. The van der Waals surface area contributed by atoms with Crippen molar-refractivity contribution in [1.29, 1.82) is 0 Å². The summed E-state index contributed by atoms with van der Waals surface area (Å²) in [6, 6.07) is 7.78. The number of nitrogens with zero attached hydrogens (tertiary/aromatic N) is 2. The highest BCUT2D eigenvalue weighted by Gasteiger charge is 2.07. The molecule has 0 saturated heterocycles. The van der Waals surface area contributed by atoms with Crippen molar-refractivity contribution in [3.63, 3.8) is 0 Å². The van der Waals surface area contributed by atoms with Crippen LogP contribution in [0.2, 0.25) is 0 Å². The number of benzene rings is 1. The molecule has 0 radical (unpaired) electrons. The first-order valence-electron chi connectivity index (χ1n) is 3.92. The number of anilines is 1. The molecule has 0 atom stereocenters. The molecule has 2 N–H and O–H groups in total. The maximum atomic E-state index is 5.35. The summed E-state index contributed by atoms with van der Waals surface area (Å²) >= 11 is 0. The van der Waals surface area contributed by atoms with E-state index in [-0.39, 0.29) is 18.4 Å². The number of aryl methyl sites for hydroxylation is 1. The van der Waals surface area contributed by atoms with E-state index in [1.165, 1.54) is 0 Å². The second kappa shape index (κ2) is 4.11. The number of nitrogen functional groups attached to an aromatic ring is 1. The van der Waals surface area contributed by atoms with Gasteiger partial charge >= 0.3 is 0 Å². The maximum absolute atomic E-state index is 5.35. The number of rotatable bonds is 1. The minimum Gasteiger partial charge on any atom is -0.365 e. The Balaban J connectivity index is 0.000000980. The van der Waals surface area contributed by atoms with Crippen LogP contribution in [0.1, 0.15) is 5.56 Å². The lowest BCUT2D eigenvalue weighted by molar-refractivity contribution is 0.433. The normalized spacial score (nSPS) is 9.50. The highest BCUT2D eigenvalue weighted by molar-refractivity contribution is 5.85. The van der Waals surface area contributed by atoms with E-state index in [2.05, 4.69) is 10.1 Å². The fraction of sp³-hybridized carbons (Fsp3) is 0.111. The van der Waals surface area contributed by atoms with Gasteiger partial charge in [-0.15, -0.1) is 12.4 Å². The Morgan fingerprint density at radius 1 is 1.29 bits per heavy atom. The van der Waals surface area contributed by atoms with E-state index in [0.717, 1.165) is 11.1 Å². The highest BCUT2D eigenvalue weighted by Crippen LogP contribution is 2.20. The maximum Gasteiger partial charge on any atom is 0.261 e. The molecule has 1 aromatic heterocycles. The van der Waals surface area contributed by atoms with E-state index < -0.39 is 0 Å². The van der Waals surface area contributed by atoms with Gasteiger partial charge in [-0.2, -0.15) is 4.98 Å². The molecule has 0 fully saturated rings. The summed E-state index contributed by atoms with van der Waals surface area (Å²) in [5.41, 5.74) is 7.36. The van der Waals surface area contributed by atoms with Gasteiger partial charge in [0, 0.05) is 5.56 Å². The largest absolute Gasteiger partial charge is 0.365 e. The molecule has 5 heteroatoms. The number of nitrogens with two attached hydrogens (primary N) is 1. The van der Waals surface area contributed by atoms with Crippen molar-refractivity contribution < 1.29 is 4.52 Å². The first kappa shape index (κ1) is 10.5. The van der Waals surface area contributed by atoms with Gasteiger partial charge in [0.15, 0.2) is 0 Å². The summed E-state index contributed by atoms with van der Waals surface area (Å²) in [6.07, 6.45) is 0. The zero-order chi connectivity index (χ0) is 9.26. The Kier molecular flexibility index (Phi) is 3.09. The Morgan fingerprint density at radius 2 is 2.00 bits per heavy atom. The Bertz CT molecular complexity index is 428. The molecule has 0 unspecified atom stereocenters. The van der Waals surface area contributed by atoms with Crippen LogP contribution in [-0.2, 0) is 0 Å². The minimum atomic E-state index is 0. The SMILES string of the molecule is Cc1ccccc1-c1nc(N)no1.Cl. The Labute approximate surface area is 87.5 Å². The van der Waals surface area contributed by atoms with E-state index in [1.807, 2.05) is 31.2 Å². The molecule has 0 aliphatic rings. The molecule has 0 amide bonds. The standard InChI is InChI=1S/C9H9N3O.ClH/c1-6-4-2-3-5-7(6)8-11-9(10)12-13-8;/h2-5H,1H3,(H2,10,12);1H. The molecule has 0 bridgehead atoms. The second-order valence-electron chi connectivity index (χ2n) is 2.77. The van der Waals surface area contributed by atoms with Crippen molar-refractivity contribution >= 4 is 18.4 Å². The molecule has 0 saturated carbocycles. The van der Waals surface area contributed by atoms with Crippen LogP contribution in [0.4, 0.5) is 5.95 Å². The molecule has 0 spiro atoms. The van der Waals surface area contributed by atoms with Crippen LogP contribution in [0.25, 0.3) is 11.5 Å². The third-order valence-electron chi connectivity index (χ3n) is 1.82. The van der Waals surface area contributed by atoms with E-state index in [4.69, 9.17) is 10.3 Å². The summed E-state index contributed by atoms with van der Waals surface area (Å²) < 4.78 is 4.95. The third-order valence-corrected chi connectivity index (χ3v) is 1.82. The fourth-order valence-corrected chi connectivity index (χ4v) is 1.16. The molecule has 0 aliphatic carbocycles. The Hall–Kier alpha value is -1.55. The van der Waals surface area contributed by atoms with Crippen LogP contribution >= 0.6 is 12.4 Å². The molecule has 74 valence electrons. The van der Waals surface area contributed by atoms with Crippen LogP contribution in [-0.4, -0.2) is 10.1 Å². The van der Waals surface area contributed by atoms with Crippen molar-refractivity contribution in [2.24, 2.45) is 0 Å². The topological polar surface area (TPSA) is 64.9 Å². The van der Waals surface area contributed by atoms with Crippen molar-refractivity contribution in [2.75, 3.05) is 5.73 Å². The van der Waals surface area contributed by atoms with Crippen LogP contribution in [0.5, 0.6) is 0 Å². The number of hydrogen-bond acceptors (Lipinski definition) is 4. The predicted molar refractivity (Wildman–Crippen MR) is 56.1 cm³/mol. The molecular weight excluding hydrogens is 202 g/mol. The summed E-state index contributed by atoms with van der Waals surface area (Å²) in [5.74, 6) is 0.633. The van der Waals surface area contributed by atoms with Crippen molar-refractivity contribution in [1.82, 2.24) is 10.1 Å². The van der Waals surface area contributed by atoms with Crippen LogP contribution < -0.4 is 5.73 Å². The first-order valence-corrected chi connectivity index (χ1v) is 3.92. The lowest BCUT2D eigenvalue weighted by Gasteiger charge is -1.97. The van der Waals surface area contributed by atoms with E-state index in [0.29, 0.717) is 5.89 Å². The van der Waals surface area contributed by atoms with Crippen LogP contribution in [0, 0.1) is 6.92 Å². The van der Waals surface area contributed by atoms with Gasteiger partial charge in [0.1, 0.15) is 0 Å². The van der Waals surface area contributed by atoms with Crippen LogP contribution in [0.15, 0.2) is 28.8 Å². The minimum absolute atomic E-state index is 0. The van der Waals surface area contributed by atoms with Gasteiger partial charge in [-0.05, 0) is 23.7 Å². The summed E-state index contributed by atoms with van der Waals surface area (Å²) in [4.78, 5) is 3.94. The van der Waals surface area contributed by atoms with Gasteiger partial charge in [-0.3, -0.25) is 0 Å². The monoisotopic (exact) mass is 211 g/mol. The molecule has 2 aromatic rings. The van der Waals surface area contributed by atoms with Gasteiger partial charge in [0.2, 0.25) is 0 Å². The van der Waals surface area contributed by atoms with E-state index >= 15 is 0 Å². The average molecular weight is 212 g/mol. The fourth-order valence-electron chi connectivity index (χ4n) is 1.16. The van der Waals surface area contributed by atoms with Crippen LogP contribution in [0.3, 0.4) is 0 Å². The lowest BCUT2D eigenvalue weighted by Crippen LogP contribution is -1.86.